The van der Waals surface area contributed by atoms with Crippen molar-refractivity contribution in [3.8, 4) is 11.3 Å². The smallest absolute Gasteiger partial charge is 0.148 e. The molecule has 0 saturated heterocycles. The van der Waals surface area contributed by atoms with E-state index in [1.165, 1.54) is 18.4 Å². The number of rotatable bonds is 4. The van der Waals surface area contributed by atoms with E-state index in [1.54, 1.807) is 6.26 Å². The summed E-state index contributed by atoms with van der Waals surface area (Å²) in [7, 11) is 0. The van der Waals surface area contributed by atoms with E-state index >= 15 is 0 Å². The first-order chi connectivity index (χ1) is 8.74. The van der Waals surface area contributed by atoms with Crippen molar-refractivity contribution in [3.63, 3.8) is 0 Å². The maximum absolute atomic E-state index is 6.08. The maximum atomic E-state index is 6.08. The molecule has 1 saturated carbocycles. The highest BCUT2D eigenvalue weighted by Gasteiger charge is 2.21. The Morgan fingerprint density at radius 2 is 2.17 bits per heavy atom. The molecular weight excluding hydrogens is 314 g/mol. The van der Waals surface area contributed by atoms with Crippen molar-refractivity contribution >= 4 is 27.5 Å². The van der Waals surface area contributed by atoms with Gasteiger partial charge < -0.3 is 9.73 Å². The number of furan rings is 1. The molecule has 0 unspecified atom stereocenters. The lowest BCUT2D eigenvalue weighted by Gasteiger charge is -2.09. The van der Waals surface area contributed by atoms with Crippen LogP contribution < -0.4 is 5.32 Å². The van der Waals surface area contributed by atoms with Crippen LogP contribution in [-0.4, -0.2) is 6.04 Å². The van der Waals surface area contributed by atoms with Crippen LogP contribution in [0.4, 0.5) is 0 Å². The Bertz CT molecular complexity index is 563. The summed E-state index contributed by atoms with van der Waals surface area (Å²) in [6, 6.07) is 8.49. The van der Waals surface area contributed by atoms with E-state index in [1.807, 2.05) is 24.3 Å². The highest BCUT2D eigenvalue weighted by Crippen LogP contribution is 2.33. The van der Waals surface area contributed by atoms with Gasteiger partial charge in [0.15, 0.2) is 0 Å². The van der Waals surface area contributed by atoms with Crippen molar-refractivity contribution in [2.45, 2.75) is 25.4 Å². The zero-order chi connectivity index (χ0) is 12.5. The number of hydrogen-bond donors (Lipinski definition) is 1. The Kier molecular flexibility index (Phi) is 3.46. The SMILES string of the molecule is Clc1ccc(-c2occc2Br)c(CNC2CC2)c1. The third kappa shape index (κ3) is 2.63. The Morgan fingerprint density at radius 3 is 2.83 bits per heavy atom. The molecule has 1 fully saturated rings. The van der Waals surface area contributed by atoms with Crippen LogP contribution in [0.3, 0.4) is 0 Å². The van der Waals surface area contributed by atoms with Gasteiger partial charge in [-0.1, -0.05) is 11.6 Å². The second-order valence-electron chi connectivity index (χ2n) is 4.55. The molecule has 1 N–H and O–H groups in total. The molecule has 2 nitrogen and oxygen atoms in total. The summed E-state index contributed by atoms with van der Waals surface area (Å²) in [5.74, 6) is 0.860. The van der Waals surface area contributed by atoms with Crippen LogP contribution in [-0.2, 0) is 6.54 Å². The maximum Gasteiger partial charge on any atom is 0.148 e. The molecule has 0 bridgehead atoms. The van der Waals surface area contributed by atoms with Crippen LogP contribution in [0.15, 0.2) is 39.4 Å². The van der Waals surface area contributed by atoms with Gasteiger partial charge in [0, 0.05) is 23.2 Å². The quantitative estimate of drug-likeness (QED) is 0.887. The molecule has 0 radical (unpaired) electrons. The molecule has 2 aromatic rings. The van der Waals surface area contributed by atoms with Gasteiger partial charge in [-0.05, 0) is 58.6 Å². The minimum atomic E-state index is 0.678. The van der Waals surface area contributed by atoms with Crippen LogP contribution in [0.25, 0.3) is 11.3 Å². The lowest BCUT2D eigenvalue weighted by molar-refractivity contribution is 0.579. The highest BCUT2D eigenvalue weighted by molar-refractivity contribution is 9.10. The molecule has 0 aliphatic heterocycles. The molecule has 0 atom stereocenters. The molecule has 4 heteroatoms. The molecule has 1 aliphatic carbocycles. The number of hydrogen-bond acceptors (Lipinski definition) is 2. The predicted octanol–water partition coefficient (Wildman–Crippen LogP) is 4.61. The number of halogens is 2. The first-order valence-corrected chi connectivity index (χ1v) is 7.16. The van der Waals surface area contributed by atoms with E-state index in [2.05, 4.69) is 21.2 Å². The van der Waals surface area contributed by atoms with Crippen LogP contribution in [0.1, 0.15) is 18.4 Å². The molecule has 1 heterocycles. The summed E-state index contributed by atoms with van der Waals surface area (Å²) in [5, 5.41) is 4.26. The molecular formula is C14H13BrClNO. The van der Waals surface area contributed by atoms with Gasteiger partial charge in [-0.3, -0.25) is 0 Å². The average molecular weight is 327 g/mol. The van der Waals surface area contributed by atoms with Crippen molar-refractivity contribution in [3.05, 3.63) is 45.6 Å². The van der Waals surface area contributed by atoms with Crippen LogP contribution in [0.2, 0.25) is 5.02 Å². The zero-order valence-corrected chi connectivity index (χ0v) is 12.1. The monoisotopic (exact) mass is 325 g/mol. The predicted molar refractivity (Wildman–Crippen MR) is 76.7 cm³/mol. The third-order valence-corrected chi connectivity index (χ3v) is 3.95. The first-order valence-electron chi connectivity index (χ1n) is 5.99. The Labute approximate surface area is 119 Å². The molecule has 3 rings (SSSR count). The first kappa shape index (κ1) is 12.3. The molecule has 1 aromatic carbocycles. The molecule has 1 aliphatic rings. The second kappa shape index (κ2) is 5.08. The van der Waals surface area contributed by atoms with Crippen molar-refractivity contribution in [1.82, 2.24) is 5.32 Å². The lowest BCUT2D eigenvalue weighted by atomic mass is 10.1. The fraction of sp³-hybridized carbons (Fsp3) is 0.286. The summed E-state index contributed by atoms with van der Waals surface area (Å²) in [5.41, 5.74) is 2.26. The Hall–Kier alpha value is -0.770. The number of nitrogens with one attached hydrogen (secondary N) is 1. The number of benzene rings is 1. The van der Waals surface area contributed by atoms with Crippen LogP contribution in [0, 0.1) is 0 Å². The van der Waals surface area contributed by atoms with Gasteiger partial charge in [0.1, 0.15) is 5.76 Å². The minimum Gasteiger partial charge on any atom is -0.463 e. The van der Waals surface area contributed by atoms with Crippen LogP contribution in [0.5, 0.6) is 0 Å². The van der Waals surface area contributed by atoms with Gasteiger partial charge in [0.25, 0.3) is 0 Å². The Morgan fingerprint density at radius 1 is 1.33 bits per heavy atom. The van der Waals surface area contributed by atoms with E-state index in [0.29, 0.717) is 6.04 Å². The van der Waals surface area contributed by atoms with Crippen molar-refractivity contribution in [2.75, 3.05) is 0 Å². The van der Waals surface area contributed by atoms with E-state index < -0.39 is 0 Å². The van der Waals surface area contributed by atoms with Gasteiger partial charge in [0.05, 0.1) is 10.7 Å². The van der Waals surface area contributed by atoms with E-state index in [9.17, 15) is 0 Å². The van der Waals surface area contributed by atoms with Crippen molar-refractivity contribution < 1.29 is 4.42 Å². The zero-order valence-electron chi connectivity index (χ0n) is 9.75. The standard InChI is InChI=1S/C14H13BrClNO/c15-13-5-6-18-14(13)12-4-1-10(16)7-9(12)8-17-11-2-3-11/h1,4-7,11,17H,2-3,8H2. The molecule has 0 spiro atoms. The van der Waals surface area contributed by atoms with Gasteiger partial charge in [0.2, 0.25) is 0 Å². The topological polar surface area (TPSA) is 25.2 Å². The largest absolute Gasteiger partial charge is 0.463 e. The van der Waals surface area contributed by atoms with E-state index in [0.717, 1.165) is 27.4 Å². The van der Waals surface area contributed by atoms with Crippen molar-refractivity contribution in [1.29, 1.82) is 0 Å². The fourth-order valence-corrected chi connectivity index (χ4v) is 2.57. The fourth-order valence-electron chi connectivity index (χ4n) is 1.96. The van der Waals surface area contributed by atoms with E-state index in [-0.39, 0.29) is 0 Å². The van der Waals surface area contributed by atoms with Gasteiger partial charge >= 0.3 is 0 Å². The van der Waals surface area contributed by atoms with Gasteiger partial charge in [-0.15, -0.1) is 0 Å². The van der Waals surface area contributed by atoms with Gasteiger partial charge in [-0.2, -0.15) is 0 Å². The molecule has 18 heavy (non-hydrogen) atoms. The van der Waals surface area contributed by atoms with E-state index in [4.69, 9.17) is 16.0 Å². The minimum absolute atomic E-state index is 0.678. The average Bonchev–Trinajstić information content (AvgIpc) is 3.09. The summed E-state index contributed by atoms with van der Waals surface area (Å²) in [6.45, 7) is 0.827. The summed E-state index contributed by atoms with van der Waals surface area (Å²) < 4.78 is 6.51. The van der Waals surface area contributed by atoms with Gasteiger partial charge in [-0.25, -0.2) is 0 Å². The molecule has 0 amide bonds. The highest BCUT2D eigenvalue weighted by atomic mass is 79.9. The molecule has 1 aromatic heterocycles. The van der Waals surface area contributed by atoms with Crippen molar-refractivity contribution in [2.24, 2.45) is 0 Å². The Balaban J connectivity index is 1.94. The lowest BCUT2D eigenvalue weighted by Crippen LogP contribution is -2.15. The normalized spacial score (nSPS) is 15.0. The summed E-state index contributed by atoms with van der Waals surface area (Å²) >= 11 is 9.58. The second-order valence-corrected chi connectivity index (χ2v) is 5.85. The summed E-state index contributed by atoms with van der Waals surface area (Å²) in [4.78, 5) is 0. The third-order valence-electron chi connectivity index (χ3n) is 3.09. The van der Waals surface area contributed by atoms with Crippen LogP contribution >= 0.6 is 27.5 Å². The molecule has 94 valence electrons. The summed E-state index contributed by atoms with van der Waals surface area (Å²) in [6.07, 6.45) is 4.24.